The van der Waals surface area contributed by atoms with Crippen LogP contribution in [0, 0.1) is 18.6 Å². The molecule has 6 nitrogen and oxygen atoms in total. The van der Waals surface area contributed by atoms with Gasteiger partial charge in [-0.2, -0.15) is 4.98 Å². The number of halogens is 3. The predicted molar refractivity (Wildman–Crippen MR) is 95.6 cm³/mol. The lowest BCUT2D eigenvalue weighted by atomic mass is 10.2. The summed E-state index contributed by atoms with van der Waals surface area (Å²) in [6.07, 6.45) is 1.48. The zero-order valence-electron chi connectivity index (χ0n) is 14.3. The summed E-state index contributed by atoms with van der Waals surface area (Å²) in [6.45, 7) is 2.91. The molecule has 1 heterocycles. The number of likely N-dealkylation sites (N-methyl/N-ethyl adjacent to an activating group) is 1. The molecule has 0 radical (unpaired) electrons. The minimum Gasteiger partial charge on any atom is -0.472 e. The van der Waals surface area contributed by atoms with Gasteiger partial charge in [0, 0.05) is 18.7 Å². The van der Waals surface area contributed by atoms with E-state index in [0.29, 0.717) is 0 Å². The molecule has 0 aliphatic heterocycles. The van der Waals surface area contributed by atoms with Crippen LogP contribution in [0.5, 0.6) is 5.88 Å². The normalized spacial score (nSPS) is 11.4. The Bertz CT molecular complexity index is 942. The molecule has 0 aliphatic carbocycles. The zero-order chi connectivity index (χ0) is 19.4. The minimum absolute atomic E-state index is 0.0196. The quantitative estimate of drug-likeness (QED) is 0.744. The first-order valence-electron chi connectivity index (χ1n) is 7.54. The molecule has 2 aromatic rings. The van der Waals surface area contributed by atoms with Crippen molar-refractivity contribution in [3.8, 4) is 5.88 Å². The molecule has 0 saturated carbocycles. The van der Waals surface area contributed by atoms with Crippen molar-refractivity contribution in [2.45, 2.75) is 20.5 Å². The van der Waals surface area contributed by atoms with E-state index in [1.165, 1.54) is 26.1 Å². The third-order valence-corrected chi connectivity index (χ3v) is 4.20. The monoisotopic (exact) mass is 427 g/mol. The van der Waals surface area contributed by atoms with Crippen LogP contribution in [-0.4, -0.2) is 22.5 Å². The number of nitrogens with zero attached hydrogens (tertiary/aromatic N) is 2. The number of allylic oxidation sites excluding steroid dienone is 1. The Morgan fingerprint density at radius 3 is 2.69 bits per heavy atom. The molecule has 0 unspecified atom stereocenters. The minimum atomic E-state index is -0.762. The standard InChI is InChI=1S/C17H16BrF2N3O3/c1-4-13(15(24)21-3)23-9(2)22-16(14(18)17(23)25)26-8-10-5-6-11(19)7-12(10)20/h4-7H,8H2,1-3H3,(H,21,24)/b13-4+. The van der Waals surface area contributed by atoms with Crippen LogP contribution >= 0.6 is 15.9 Å². The smallest absolute Gasteiger partial charge is 0.276 e. The van der Waals surface area contributed by atoms with E-state index in [9.17, 15) is 18.4 Å². The van der Waals surface area contributed by atoms with E-state index in [0.717, 1.165) is 16.7 Å². The summed E-state index contributed by atoms with van der Waals surface area (Å²) >= 11 is 3.10. The zero-order valence-corrected chi connectivity index (χ0v) is 15.9. The van der Waals surface area contributed by atoms with Gasteiger partial charge in [0.05, 0.1) is 0 Å². The number of nitrogens with one attached hydrogen (secondary N) is 1. The van der Waals surface area contributed by atoms with Gasteiger partial charge in [-0.15, -0.1) is 0 Å². The van der Waals surface area contributed by atoms with Gasteiger partial charge in [0.15, 0.2) is 0 Å². The van der Waals surface area contributed by atoms with Crippen molar-refractivity contribution >= 4 is 27.5 Å². The highest BCUT2D eigenvalue weighted by molar-refractivity contribution is 9.10. The Hall–Kier alpha value is -2.55. The van der Waals surface area contributed by atoms with Crippen LogP contribution in [0.15, 0.2) is 33.5 Å². The molecule has 9 heteroatoms. The topological polar surface area (TPSA) is 73.2 Å². The number of hydrogen-bond donors (Lipinski definition) is 1. The summed E-state index contributed by atoms with van der Waals surface area (Å²) in [4.78, 5) is 28.7. The molecule has 1 N–H and O–H groups in total. The molecule has 0 fully saturated rings. The second-order valence-electron chi connectivity index (χ2n) is 5.20. The molecule has 1 aromatic carbocycles. The average molecular weight is 428 g/mol. The van der Waals surface area contributed by atoms with Crippen LogP contribution in [0.2, 0.25) is 0 Å². The molecule has 26 heavy (non-hydrogen) atoms. The SMILES string of the molecule is C/C=C(\C(=O)NC)n1c(C)nc(OCc2ccc(F)cc2F)c(Br)c1=O. The van der Waals surface area contributed by atoms with E-state index in [1.54, 1.807) is 6.92 Å². The van der Waals surface area contributed by atoms with Crippen molar-refractivity contribution in [1.82, 2.24) is 14.9 Å². The van der Waals surface area contributed by atoms with Gasteiger partial charge in [0.1, 0.15) is 34.2 Å². The summed E-state index contributed by atoms with van der Waals surface area (Å²) in [5, 5.41) is 2.45. The molecule has 0 aliphatic rings. The van der Waals surface area contributed by atoms with Crippen LogP contribution < -0.4 is 15.6 Å². The number of aromatic nitrogens is 2. The number of carbonyl (C=O) groups excluding carboxylic acids is 1. The third kappa shape index (κ3) is 3.98. The molecule has 2 rings (SSSR count). The van der Waals surface area contributed by atoms with Crippen LogP contribution in [0.1, 0.15) is 18.3 Å². The van der Waals surface area contributed by atoms with Gasteiger partial charge >= 0.3 is 0 Å². The molecule has 1 aromatic heterocycles. The van der Waals surface area contributed by atoms with Crippen LogP contribution in [0.4, 0.5) is 8.78 Å². The lowest BCUT2D eigenvalue weighted by Crippen LogP contribution is -2.31. The summed E-state index contributed by atoms with van der Waals surface area (Å²) < 4.78 is 33.2. The molecule has 1 amide bonds. The maximum Gasteiger partial charge on any atom is 0.276 e. The Kier molecular flexibility index (Phi) is 6.25. The van der Waals surface area contributed by atoms with Gasteiger partial charge in [-0.3, -0.25) is 14.2 Å². The Morgan fingerprint density at radius 1 is 1.42 bits per heavy atom. The maximum absolute atomic E-state index is 13.7. The predicted octanol–water partition coefficient (Wildman–Crippen LogP) is 2.78. The van der Waals surface area contributed by atoms with Crippen molar-refractivity contribution in [1.29, 1.82) is 0 Å². The fourth-order valence-corrected chi connectivity index (χ4v) is 2.62. The summed E-state index contributed by atoms with van der Waals surface area (Å²) in [6, 6.07) is 3.09. The highest BCUT2D eigenvalue weighted by Gasteiger charge is 2.19. The lowest BCUT2D eigenvalue weighted by Gasteiger charge is -2.15. The molecular formula is C17H16BrF2N3O3. The van der Waals surface area contributed by atoms with Crippen LogP contribution in [-0.2, 0) is 11.4 Å². The van der Waals surface area contributed by atoms with Gasteiger partial charge in [-0.05, 0) is 41.9 Å². The molecular weight excluding hydrogens is 412 g/mol. The van der Waals surface area contributed by atoms with Crippen LogP contribution in [0.3, 0.4) is 0 Å². The van der Waals surface area contributed by atoms with E-state index in [4.69, 9.17) is 4.74 Å². The highest BCUT2D eigenvalue weighted by Crippen LogP contribution is 2.22. The van der Waals surface area contributed by atoms with E-state index in [2.05, 4.69) is 26.2 Å². The second-order valence-corrected chi connectivity index (χ2v) is 5.99. The van der Waals surface area contributed by atoms with Gasteiger partial charge in [-0.1, -0.05) is 6.08 Å². The lowest BCUT2D eigenvalue weighted by molar-refractivity contribution is -0.115. The number of carbonyl (C=O) groups is 1. The second kappa shape index (κ2) is 8.22. The van der Waals surface area contributed by atoms with Gasteiger partial charge < -0.3 is 10.1 Å². The number of benzene rings is 1. The first kappa shape index (κ1) is 19.8. The van der Waals surface area contributed by atoms with E-state index >= 15 is 0 Å². The van der Waals surface area contributed by atoms with Crippen molar-refractivity contribution in [2.24, 2.45) is 0 Å². The van der Waals surface area contributed by atoms with Crippen molar-refractivity contribution < 1.29 is 18.3 Å². The average Bonchev–Trinajstić information content (AvgIpc) is 2.61. The van der Waals surface area contributed by atoms with E-state index in [-0.39, 0.29) is 34.0 Å². The Labute approximate surface area is 156 Å². The molecule has 0 saturated heterocycles. The maximum atomic E-state index is 13.7. The largest absolute Gasteiger partial charge is 0.472 e. The molecule has 138 valence electrons. The van der Waals surface area contributed by atoms with Gasteiger partial charge in [0.2, 0.25) is 5.88 Å². The number of hydrogen-bond acceptors (Lipinski definition) is 4. The highest BCUT2D eigenvalue weighted by atomic mass is 79.9. The number of rotatable bonds is 5. The van der Waals surface area contributed by atoms with E-state index in [1.807, 2.05) is 0 Å². The van der Waals surface area contributed by atoms with Crippen molar-refractivity contribution in [2.75, 3.05) is 7.05 Å². The fourth-order valence-electron chi connectivity index (χ4n) is 2.24. The molecule has 0 atom stereocenters. The molecule has 0 bridgehead atoms. The summed E-state index contributed by atoms with van der Waals surface area (Å²) in [5.41, 5.74) is -0.329. The molecule has 0 spiro atoms. The first-order valence-corrected chi connectivity index (χ1v) is 8.34. The summed E-state index contributed by atoms with van der Waals surface area (Å²) in [5.74, 6) is -1.75. The Morgan fingerprint density at radius 2 is 2.12 bits per heavy atom. The van der Waals surface area contributed by atoms with Gasteiger partial charge in [-0.25, -0.2) is 8.78 Å². The van der Waals surface area contributed by atoms with Crippen LogP contribution in [0.25, 0.3) is 5.70 Å². The van der Waals surface area contributed by atoms with Crippen molar-refractivity contribution in [3.63, 3.8) is 0 Å². The number of aryl methyl sites for hydroxylation is 1. The van der Waals surface area contributed by atoms with Crippen molar-refractivity contribution in [3.05, 3.63) is 62.1 Å². The van der Waals surface area contributed by atoms with Gasteiger partial charge in [0.25, 0.3) is 11.5 Å². The first-order chi connectivity index (χ1) is 12.3. The Balaban J connectivity index is 2.38. The third-order valence-electron chi connectivity index (χ3n) is 3.52. The number of ether oxygens (including phenoxy) is 1. The fraction of sp³-hybridized carbons (Fsp3) is 0.235. The van der Waals surface area contributed by atoms with E-state index < -0.39 is 23.1 Å². The number of amides is 1. The summed E-state index contributed by atoms with van der Waals surface area (Å²) in [7, 11) is 1.45.